The standard InChI is InChI=1S/C26H22N4O4/c1-29(25(32)33)24-27-20-12-11-16(14-21(20)28-24)26(34)19-9-5-4-8-18(19)23(31)30(26)22-13-10-15-6-2-3-7-17(15)22/h2-9,11-12,14,22,34H,10,13H2,1H3,(H,27,28)(H,32,33). The predicted molar refractivity (Wildman–Crippen MR) is 126 cm³/mol. The molecule has 170 valence electrons. The topological polar surface area (TPSA) is 110 Å². The fraction of sp³-hybridized carbons (Fsp3) is 0.192. The van der Waals surface area contributed by atoms with Crippen LogP contribution in [0.25, 0.3) is 11.0 Å². The second-order valence-electron chi connectivity index (χ2n) is 8.78. The van der Waals surface area contributed by atoms with Gasteiger partial charge in [-0.2, -0.15) is 0 Å². The molecule has 2 heterocycles. The van der Waals surface area contributed by atoms with Crippen molar-refractivity contribution >= 4 is 29.0 Å². The van der Waals surface area contributed by atoms with Crippen molar-refractivity contribution in [1.82, 2.24) is 14.9 Å². The summed E-state index contributed by atoms with van der Waals surface area (Å²) in [5.41, 5.74) is 3.17. The third-order valence-corrected chi connectivity index (χ3v) is 6.99. The van der Waals surface area contributed by atoms with Crippen molar-refractivity contribution in [2.24, 2.45) is 0 Å². The average Bonchev–Trinajstić information content (AvgIpc) is 3.52. The molecule has 1 aliphatic heterocycles. The van der Waals surface area contributed by atoms with E-state index in [4.69, 9.17) is 0 Å². The first kappa shape index (κ1) is 20.4. The van der Waals surface area contributed by atoms with Crippen LogP contribution in [0.3, 0.4) is 0 Å². The molecule has 0 saturated heterocycles. The Morgan fingerprint density at radius 2 is 1.91 bits per heavy atom. The number of aromatic amines is 1. The zero-order valence-electron chi connectivity index (χ0n) is 18.4. The number of aromatic nitrogens is 2. The molecule has 4 aromatic rings. The average molecular weight is 454 g/mol. The van der Waals surface area contributed by atoms with Gasteiger partial charge < -0.3 is 15.2 Å². The van der Waals surface area contributed by atoms with Crippen LogP contribution in [-0.4, -0.2) is 44.1 Å². The highest BCUT2D eigenvalue weighted by Crippen LogP contribution is 2.50. The molecule has 0 fully saturated rings. The minimum absolute atomic E-state index is 0.177. The molecule has 1 aromatic heterocycles. The second-order valence-corrected chi connectivity index (χ2v) is 8.78. The molecule has 34 heavy (non-hydrogen) atoms. The van der Waals surface area contributed by atoms with E-state index in [0.29, 0.717) is 27.7 Å². The number of anilines is 1. The molecule has 6 rings (SSSR count). The van der Waals surface area contributed by atoms with Crippen LogP contribution in [0.1, 0.15) is 45.1 Å². The number of aryl methyl sites for hydroxylation is 1. The minimum atomic E-state index is -1.69. The summed E-state index contributed by atoms with van der Waals surface area (Å²) in [6.45, 7) is 0. The fourth-order valence-electron chi connectivity index (χ4n) is 5.30. The van der Waals surface area contributed by atoms with Gasteiger partial charge in [0.15, 0.2) is 5.72 Å². The fourth-order valence-corrected chi connectivity index (χ4v) is 5.30. The van der Waals surface area contributed by atoms with Crippen LogP contribution >= 0.6 is 0 Å². The van der Waals surface area contributed by atoms with E-state index < -0.39 is 11.8 Å². The molecule has 3 N–H and O–H groups in total. The lowest BCUT2D eigenvalue weighted by molar-refractivity contribution is -0.0705. The van der Waals surface area contributed by atoms with Gasteiger partial charge in [-0.05, 0) is 42.2 Å². The number of hydrogen-bond donors (Lipinski definition) is 3. The van der Waals surface area contributed by atoms with Gasteiger partial charge in [0, 0.05) is 23.7 Å². The first-order chi connectivity index (χ1) is 16.4. The largest absolute Gasteiger partial charge is 0.465 e. The number of aliphatic hydroxyl groups is 1. The number of benzene rings is 3. The number of imidazole rings is 1. The van der Waals surface area contributed by atoms with Crippen LogP contribution in [0.2, 0.25) is 0 Å². The van der Waals surface area contributed by atoms with Crippen LogP contribution in [0.5, 0.6) is 0 Å². The molecule has 2 atom stereocenters. The van der Waals surface area contributed by atoms with Crippen LogP contribution in [0.15, 0.2) is 66.7 Å². The number of rotatable bonds is 3. The van der Waals surface area contributed by atoms with Crippen LogP contribution in [0, 0.1) is 0 Å². The van der Waals surface area contributed by atoms with E-state index in [2.05, 4.69) is 16.0 Å². The zero-order valence-corrected chi connectivity index (χ0v) is 18.4. The Morgan fingerprint density at radius 1 is 1.15 bits per heavy atom. The van der Waals surface area contributed by atoms with Crippen molar-refractivity contribution in [3.8, 4) is 0 Å². The van der Waals surface area contributed by atoms with Crippen LogP contribution < -0.4 is 4.90 Å². The third kappa shape index (κ3) is 2.72. The third-order valence-electron chi connectivity index (χ3n) is 6.99. The molecular formula is C26H22N4O4. The number of carbonyl (C=O) groups excluding carboxylic acids is 1. The van der Waals surface area contributed by atoms with Crippen LogP contribution in [0.4, 0.5) is 10.7 Å². The summed E-state index contributed by atoms with van der Waals surface area (Å²) < 4.78 is 0. The highest BCUT2D eigenvalue weighted by molar-refractivity contribution is 6.01. The molecular weight excluding hydrogens is 432 g/mol. The monoisotopic (exact) mass is 454 g/mol. The zero-order chi connectivity index (χ0) is 23.6. The summed E-state index contributed by atoms with van der Waals surface area (Å²) in [6, 6.07) is 20.1. The molecule has 2 amide bonds. The van der Waals surface area contributed by atoms with Gasteiger partial charge in [0.2, 0.25) is 5.95 Å². The van der Waals surface area contributed by atoms with Gasteiger partial charge in [-0.25, -0.2) is 9.78 Å². The molecule has 2 unspecified atom stereocenters. The number of carbonyl (C=O) groups is 2. The smallest absolute Gasteiger partial charge is 0.413 e. The van der Waals surface area contributed by atoms with Gasteiger partial charge in [0.1, 0.15) is 0 Å². The Morgan fingerprint density at radius 3 is 2.74 bits per heavy atom. The number of nitrogens with one attached hydrogen (secondary N) is 1. The number of carboxylic acid groups (broad SMARTS) is 1. The van der Waals surface area contributed by atoms with E-state index in [9.17, 15) is 19.8 Å². The van der Waals surface area contributed by atoms with Crippen molar-refractivity contribution in [3.05, 3.63) is 94.5 Å². The Bertz CT molecular complexity index is 1480. The molecule has 2 aliphatic rings. The SMILES string of the molecule is CN(C(=O)O)c1nc2cc(C3(O)c4ccccc4C(=O)N3C3CCc4ccccc43)ccc2[nH]1. The summed E-state index contributed by atoms with van der Waals surface area (Å²) in [5, 5.41) is 21.6. The minimum Gasteiger partial charge on any atom is -0.465 e. The first-order valence-electron chi connectivity index (χ1n) is 11.1. The number of amides is 2. The molecule has 0 bridgehead atoms. The van der Waals surface area contributed by atoms with Gasteiger partial charge in [-0.15, -0.1) is 0 Å². The van der Waals surface area contributed by atoms with Gasteiger partial charge >= 0.3 is 6.09 Å². The van der Waals surface area contributed by atoms with Crippen molar-refractivity contribution in [1.29, 1.82) is 0 Å². The van der Waals surface area contributed by atoms with Gasteiger partial charge in [-0.3, -0.25) is 14.6 Å². The van der Waals surface area contributed by atoms with Crippen LogP contribution in [-0.2, 0) is 12.1 Å². The van der Waals surface area contributed by atoms with Crippen molar-refractivity contribution in [2.75, 3.05) is 11.9 Å². The first-order valence-corrected chi connectivity index (χ1v) is 11.1. The second kappa shape index (κ2) is 7.16. The summed E-state index contributed by atoms with van der Waals surface area (Å²) in [4.78, 5) is 35.0. The number of hydrogen-bond acceptors (Lipinski definition) is 4. The summed E-state index contributed by atoms with van der Waals surface area (Å²) >= 11 is 0. The number of fused-ring (bicyclic) bond motifs is 3. The lowest BCUT2D eigenvalue weighted by Gasteiger charge is -2.39. The van der Waals surface area contributed by atoms with Crippen molar-refractivity contribution in [3.63, 3.8) is 0 Å². The Balaban J connectivity index is 1.53. The highest BCUT2D eigenvalue weighted by atomic mass is 16.4. The van der Waals surface area contributed by atoms with Crippen molar-refractivity contribution in [2.45, 2.75) is 24.6 Å². The Kier molecular flexibility index (Phi) is 4.31. The van der Waals surface area contributed by atoms with E-state index in [0.717, 1.165) is 23.3 Å². The molecule has 1 aliphatic carbocycles. The van der Waals surface area contributed by atoms with Gasteiger partial charge in [0.05, 0.1) is 17.1 Å². The molecule has 8 nitrogen and oxygen atoms in total. The quantitative estimate of drug-likeness (QED) is 0.433. The van der Waals surface area contributed by atoms with E-state index in [1.807, 2.05) is 24.3 Å². The molecule has 3 aromatic carbocycles. The Hall–Kier alpha value is -4.17. The molecule has 8 heteroatoms. The van der Waals surface area contributed by atoms with Gasteiger partial charge in [-0.1, -0.05) is 48.5 Å². The lowest BCUT2D eigenvalue weighted by atomic mass is 9.92. The summed E-state index contributed by atoms with van der Waals surface area (Å²) in [6.07, 6.45) is 0.416. The Labute approximate surface area is 195 Å². The normalized spacial score (nSPS) is 21.1. The maximum Gasteiger partial charge on any atom is 0.413 e. The number of H-pyrrole nitrogens is 1. The predicted octanol–water partition coefficient (Wildman–Crippen LogP) is 4.01. The molecule has 0 saturated carbocycles. The summed E-state index contributed by atoms with van der Waals surface area (Å²) in [5.74, 6) is -0.0376. The van der Waals surface area contributed by atoms with E-state index in [1.165, 1.54) is 12.6 Å². The van der Waals surface area contributed by atoms with E-state index in [-0.39, 0.29) is 17.9 Å². The van der Waals surface area contributed by atoms with E-state index in [1.54, 1.807) is 41.3 Å². The summed E-state index contributed by atoms with van der Waals surface area (Å²) in [7, 11) is 1.40. The maximum atomic E-state index is 13.7. The van der Waals surface area contributed by atoms with Crippen molar-refractivity contribution < 1.29 is 19.8 Å². The molecule has 0 spiro atoms. The van der Waals surface area contributed by atoms with Gasteiger partial charge in [0.25, 0.3) is 5.91 Å². The molecule has 0 radical (unpaired) electrons. The number of nitrogens with zero attached hydrogens (tertiary/aromatic N) is 3. The highest BCUT2D eigenvalue weighted by Gasteiger charge is 2.53. The van der Waals surface area contributed by atoms with E-state index >= 15 is 0 Å². The lowest BCUT2D eigenvalue weighted by Crippen LogP contribution is -2.46. The maximum absolute atomic E-state index is 13.7.